The van der Waals surface area contributed by atoms with Crippen molar-refractivity contribution in [2.24, 2.45) is 0 Å². The number of nitrogens with one attached hydrogen (secondary N) is 2. The predicted octanol–water partition coefficient (Wildman–Crippen LogP) is 3.30. The summed E-state index contributed by atoms with van der Waals surface area (Å²) in [7, 11) is 0. The van der Waals surface area contributed by atoms with Gasteiger partial charge >= 0.3 is 0 Å². The number of rotatable bonds is 5. The summed E-state index contributed by atoms with van der Waals surface area (Å²) in [6.45, 7) is 1.95. The molecule has 0 spiro atoms. The van der Waals surface area contributed by atoms with Crippen LogP contribution < -0.4 is 10.6 Å². The lowest BCUT2D eigenvalue weighted by atomic mass is 9.99. The smallest absolute Gasteiger partial charge is 0.261 e. The molecule has 2 heterocycles. The number of hydrogen-bond acceptors (Lipinski definition) is 4. The summed E-state index contributed by atoms with van der Waals surface area (Å²) in [5, 5.41) is 7.60. The van der Waals surface area contributed by atoms with Crippen molar-refractivity contribution in [2.45, 2.75) is 38.6 Å². The highest BCUT2D eigenvalue weighted by molar-refractivity contribution is 7.14. The summed E-state index contributed by atoms with van der Waals surface area (Å²) < 4.78 is 0. The van der Waals surface area contributed by atoms with Crippen molar-refractivity contribution >= 4 is 34.5 Å². The standard InChI is InChI=1S/C17H20N2O2S2/c1-11(13-7-4-8-22-13)19-16(20)10-18-17(21)15-9-12-5-2-3-6-14(12)23-15/h4,7-9,11H,2-3,5-6,10H2,1H3,(H,18,21)(H,19,20). The van der Waals surface area contributed by atoms with Gasteiger partial charge in [0.15, 0.2) is 0 Å². The number of aryl methyl sites for hydroxylation is 2. The maximum Gasteiger partial charge on any atom is 0.261 e. The molecule has 0 radical (unpaired) electrons. The molecule has 4 nitrogen and oxygen atoms in total. The zero-order chi connectivity index (χ0) is 16.2. The van der Waals surface area contributed by atoms with E-state index >= 15 is 0 Å². The predicted molar refractivity (Wildman–Crippen MR) is 94.2 cm³/mol. The van der Waals surface area contributed by atoms with E-state index in [1.54, 1.807) is 22.7 Å². The van der Waals surface area contributed by atoms with Gasteiger partial charge in [-0.05, 0) is 55.7 Å². The van der Waals surface area contributed by atoms with Gasteiger partial charge in [-0.3, -0.25) is 9.59 Å². The molecule has 0 aromatic carbocycles. The summed E-state index contributed by atoms with van der Waals surface area (Å²) in [4.78, 5) is 27.3. The van der Waals surface area contributed by atoms with Crippen LogP contribution in [0.15, 0.2) is 23.6 Å². The molecule has 3 rings (SSSR count). The Balaban J connectivity index is 1.50. The second-order valence-electron chi connectivity index (χ2n) is 5.75. The van der Waals surface area contributed by atoms with E-state index in [0.29, 0.717) is 0 Å². The van der Waals surface area contributed by atoms with Gasteiger partial charge < -0.3 is 10.6 Å². The molecule has 0 fully saturated rings. The van der Waals surface area contributed by atoms with Gasteiger partial charge in [0.25, 0.3) is 5.91 Å². The van der Waals surface area contributed by atoms with E-state index in [0.717, 1.165) is 22.6 Å². The number of carbonyl (C=O) groups excluding carboxylic acids is 2. The fraction of sp³-hybridized carbons (Fsp3) is 0.412. The fourth-order valence-corrected chi connectivity index (χ4v) is 4.66. The molecule has 1 aliphatic carbocycles. The Kier molecular flexibility index (Phi) is 5.13. The van der Waals surface area contributed by atoms with Gasteiger partial charge in [-0.2, -0.15) is 0 Å². The van der Waals surface area contributed by atoms with Crippen LogP contribution in [0.4, 0.5) is 0 Å². The molecule has 0 saturated carbocycles. The first kappa shape index (κ1) is 16.2. The van der Waals surface area contributed by atoms with Crippen LogP contribution in [0.25, 0.3) is 0 Å². The van der Waals surface area contributed by atoms with E-state index in [-0.39, 0.29) is 24.4 Å². The Labute approximate surface area is 143 Å². The van der Waals surface area contributed by atoms with E-state index in [4.69, 9.17) is 0 Å². The molecule has 122 valence electrons. The first-order chi connectivity index (χ1) is 11.1. The van der Waals surface area contributed by atoms with Gasteiger partial charge in [-0.15, -0.1) is 22.7 Å². The Morgan fingerprint density at radius 2 is 2.13 bits per heavy atom. The number of fused-ring (bicyclic) bond motifs is 1. The molecule has 0 aliphatic heterocycles. The zero-order valence-corrected chi connectivity index (χ0v) is 14.7. The van der Waals surface area contributed by atoms with Crippen molar-refractivity contribution in [3.05, 3.63) is 43.8 Å². The minimum atomic E-state index is -0.166. The van der Waals surface area contributed by atoms with Crippen molar-refractivity contribution in [3.8, 4) is 0 Å². The number of hydrogen-bond donors (Lipinski definition) is 2. The van der Waals surface area contributed by atoms with Crippen LogP contribution in [-0.2, 0) is 17.6 Å². The van der Waals surface area contributed by atoms with Crippen molar-refractivity contribution in [1.82, 2.24) is 10.6 Å². The third-order valence-electron chi connectivity index (χ3n) is 3.98. The van der Waals surface area contributed by atoms with Gasteiger partial charge in [0.2, 0.25) is 5.91 Å². The topological polar surface area (TPSA) is 58.2 Å². The maximum atomic E-state index is 12.2. The number of amides is 2. The van der Waals surface area contributed by atoms with Gasteiger partial charge in [0, 0.05) is 9.75 Å². The van der Waals surface area contributed by atoms with Gasteiger partial charge in [-0.25, -0.2) is 0 Å². The Bertz CT molecular complexity index is 668. The number of thiophene rings is 2. The molecule has 6 heteroatoms. The normalized spacial score (nSPS) is 14.8. The molecule has 2 aromatic rings. The molecule has 0 bridgehead atoms. The summed E-state index contributed by atoms with van der Waals surface area (Å²) in [6, 6.07) is 5.90. The quantitative estimate of drug-likeness (QED) is 0.871. The van der Waals surface area contributed by atoms with Crippen LogP contribution in [0.3, 0.4) is 0 Å². The van der Waals surface area contributed by atoms with Gasteiger partial charge in [0.05, 0.1) is 17.5 Å². The van der Waals surface area contributed by atoms with Gasteiger partial charge in [-0.1, -0.05) is 6.07 Å². The SMILES string of the molecule is CC(NC(=O)CNC(=O)c1cc2c(s1)CCCC2)c1cccs1. The molecular weight excluding hydrogens is 328 g/mol. The highest BCUT2D eigenvalue weighted by Gasteiger charge is 2.18. The molecule has 2 N–H and O–H groups in total. The van der Waals surface area contributed by atoms with E-state index in [2.05, 4.69) is 10.6 Å². The first-order valence-corrected chi connectivity index (χ1v) is 9.55. The van der Waals surface area contributed by atoms with Gasteiger partial charge in [0.1, 0.15) is 0 Å². The lowest BCUT2D eigenvalue weighted by molar-refractivity contribution is -0.120. The molecular formula is C17H20N2O2S2. The zero-order valence-electron chi connectivity index (χ0n) is 13.1. The van der Waals surface area contributed by atoms with Crippen molar-refractivity contribution in [1.29, 1.82) is 0 Å². The average Bonchev–Trinajstić information content (AvgIpc) is 3.21. The largest absolute Gasteiger partial charge is 0.347 e. The lowest BCUT2D eigenvalue weighted by Crippen LogP contribution is -2.37. The van der Waals surface area contributed by atoms with Crippen LogP contribution in [-0.4, -0.2) is 18.4 Å². The second-order valence-corrected chi connectivity index (χ2v) is 7.87. The lowest BCUT2D eigenvalue weighted by Gasteiger charge is -2.12. The van der Waals surface area contributed by atoms with Crippen molar-refractivity contribution in [2.75, 3.05) is 6.54 Å². The van der Waals surface area contributed by atoms with E-state index in [1.165, 1.54) is 23.3 Å². The Morgan fingerprint density at radius 1 is 1.30 bits per heavy atom. The minimum absolute atomic E-state index is 0.0110. The minimum Gasteiger partial charge on any atom is -0.347 e. The van der Waals surface area contributed by atoms with E-state index in [9.17, 15) is 9.59 Å². The van der Waals surface area contributed by atoms with E-state index < -0.39 is 0 Å². The molecule has 23 heavy (non-hydrogen) atoms. The molecule has 2 aromatic heterocycles. The van der Waals surface area contributed by atoms with Crippen molar-refractivity contribution < 1.29 is 9.59 Å². The second kappa shape index (κ2) is 7.27. The summed E-state index contributed by atoms with van der Waals surface area (Å²) in [5.41, 5.74) is 1.31. The van der Waals surface area contributed by atoms with Crippen LogP contribution in [0.1, 0.15) is 50.8 Å². The molecule has 0 saturated heterocycles. The highest BCUT2D eigenvalue weighted by Crippen LogP contribution is 2.29. The van der Waals surface area contributed by atoms with Crippen LogP contribution in [0, 0.1) is 0 Å². The average molecular weight is 348 g/mol. The summed E-state index contributed by atoms with van der Waals surface area (Å²) >= 11 is 3.17. The highest BCUT2D eigenvalue weighted by atomic mass is 32.1. The maximum absolute atomic E-state index is 12.2. The molecule has 1 atom stereocenters. The third-order valence-corrected chi connectivity index (χ3v) is 6.27. The molecule has 1 aliphatic rings. The third kappa shape index (κ3) is 4.00. The van der Waals surface area contributed by atoms with E-state index in [1.807, 2.05) is 30.5 Å². The Hall–Kier alpha value is -1.66. The summed E-state index contributed by atoms with van der Waals surface area (Å²) in [5.74, 6) is -0.316. The molecule has 2 amide bonds. The van der Waals surface area contributed by atoms with Crippen LogP contribution >= 0.6 is 22.7 Å². The van der Waals surface area contributed by atoms with Crippen molar-refractivity contribution in [3.63, 3.8) is 0 Å². The van der Waals surface area contributed by atoms with Crippen LogP contribution in [0.5, 0.6) is 0 Å². The fourth-order valence-electron chi connectivity index (χ4n) is 2.75. The molecule has 1 unspecified atom stereocenters. The number of carbonyl (C=O) groups is 2. The van der Waals surface area contributed by atoms with Crippen LogP contribution in [0.2, 0.25) is 0 Å². The first-order valence-electron chi connectivity index (χ1n) is 7.86. The summed E-state index contributed by atoms with van der Waals surface area (Å²) in [6.07, 6.45) is 4.55. The monoisotopic (exact) mass is 348 g/mol. The Morgan fingerprint density at radius 3 is 2.87 bits per heavy atom.